The van der Waals surface area contributed by atoms with Crippen molar-refractivity contribution >= 4 is 17.5 Å². The maximum absolute atomic E-state index is 13.3. The van der Waals surface area contributed by atoms with Crippen LogP contribution in [0.3, 0.4) is 0 Å². The summed E-state index contributed by atoms with van der Waals surface area (Å²) in [5.41, 5.74) is 2.63. The monoisotopic (exact) mass is 413 g/mol. The number of likely N-dealkylation sites (N-methyl/N-ethyl adjacent to an activating group) is 1. The lowest BCUT2D eigenvalue weighted by Gasteiger charge is -2.31. The van der Waals surface area contributed by atoms with Crippen molar-refractivity contribution < 1.29 is 14.1 Å². The van der Waals surface area contributed by atoms with Gasteiger partial charge in [-0.1, -0.05) is 11.6 Å². The molecule has 1 aliphatic heterocycles. The van der Waals surface area contributed by atoms with E-state index in [9.17, 15) is 9.18 Å². The molecule has 29 heavy (non-hydrogen) atoms. The highest BCUT2D eigenvalue weighted by Gasteiger charge is 2.27. The zero-order chi connectivity index (χ0) is 20.4. The van der Waals surface area contributed by atoms with Gasteiger partial charge in [0.2, 0.25) is 0 Å². The van der Waals surface area contributed by atoms with Gasteiger partial charge >= 0.3 is 0 Å². The fourth-order valence-corrected chi connectivity index (χ4v) is 3.74. The highest BCUT2D eigenvalue weighted by Crippen LogP contribution is 2.24. The fourth-order valence-electron chi connectivity index (χ4n) is 3.62. The number of carbonyl (C=O) groups is 1. The number of nitrogens with one attached hydrogen (secondary N) is 1. The smallest absolute Gasteiger partial charge is 0.273 e. The van der Waals surface area contributed by atoms with E-state index in [1.54, 1.807) is 35.0 Å². The van der Waals surface area contributed by atoms with Crippen LogP contribution in [0.1, 0.15) is 17.4 Å². The number of carbonyl (C=O) groups excluding carboxylic acids is 1. The van der Waals surface area contributed by atoms with Gasteiger partial charge in [0, 0.05) is 10.6 Å². The van der Waals surface area contributed by atoms with Crippen molar-refractivity contribution in [2.24, 2.45) is 0 Å². The van der Waals surface area contributed by atoms with E-state index in [0.717, 1.165) is 44.0 Å². The highest BCUT2D eigenvalue weighted by atomic mass is 35.5. The summed E-state index contributed by atoms with van der Waals surface area (Å²) in [5.74, 6) is -0.352. The zero-order valence-electron chi connectivity index (χ0n) is 16.2. The number of benzene rings is 2. The molecule has 2 heterocycles. The summed E-state index contributed by atoms with van der Waals surface area (Å²) in [7, 11) is 0. The molecular weight excluding hydrogens is 391 g/mol. The second-order valence-electron chi connectivity index (χ2n) is 7.21. The van der Waals surface area contributed by atoms with E-state index >= 15 is 0 Å². The Morgan fingerprint density at radius 3 is 2.38 bits per heavy atom. The molecule has 3 aromatic rings. The molecule has 0 unspecified atom stereocenters. The second kappa shape index (κ2) is 8.35. The van der Waals surface area contributed by atoms with E-state index in [2.05, 4.69) is 12.0 Å². The largest absolute Gasteiger partial charge is 0.332 e. The van der Waals surface area contributed by atoms with Crippen LogP contribution in [0.2, 0.25) is 5.02 Å². The molecule has 1 fully saturated rings. The van der Waals surface area contributed by atoms with E-state index < -0.39 is 0 Å². The van der Waals surface area contributed by atoms with Gasteiger partial charge in [0.05, 0.1) is 44.1 Å². The van der Waals surface area contributed by atoms with E-state index in [1.807, 2.05) is 17.0 Å². The molecule has 4 rings (SSSR count). The van der Waals surface area contributed by atoms with Crippen LogP contribution in [-0.4, -0.2) is 53.3 Å². The van der Waals surface area contributed by atoms with Crippen molar-refractivity contribution in [1.82, 2.24) is 14.7 Å². The summed E-state index contributed by atoms with van der Waals surface area (Å²) in [5, 5.41) is 5.27. The summed E-state index contributed by atoms with van der Waals surface area (Å²) in [4.78, 5) is 16.7. The van der Waals surface area contributed by atoms with Gasteiger partial charge in [-0.15, -0.1) is 0 Å². The van der Waals surface area contributed by atoms with Crippen LogP contribution in [0.4, 0.5) is 4.39 Å². The number of hydrogen-bond acceptors (Lipinski definition) is 2. The number of hydrogen-bond donors (Lipinski definition) is 1. The van der Waals surface area contributed by atoms with Crippen molar-refractivity contribution in [3.63, 3.8) is 0 Å². The number of amides is 1. The normalized spacial score (nSPS) is 14.9. The molecule has 0 atom stereocenters. The SMILES string of the molecule is CC[NH+]1CCN(C(=O)c2cc(-c3ccc(F)cc3)nn2-c2ccc(Cl)cc2)CC1. The highest BCUT2D eigenvalue weighted by molar-refractivity contribution is 6.30. The minimum absolute atomic E-state index is 0.0454. The average Bonchev–Trinajstić information content (AvgIpc) is 3.19. The number of nitrogens with zero attached hydrogens (tertiary/aromatic N) is 3. The standard InChI is InChI=1S/C22H22ClFN4O/c1-2-26-11-13-27(14-12-26)22(29)21-15-20(16-3-7-18(24)8-4-16)25-28(21)19-9-5-17(23)6-10-19/h3-10,15H,2,11-14H2,1H3/p+1. The van der Waals surface area contributed by atoms with Gasteiger partial charge in [0.25, 0.3) is 5.91 Å². The maximum atomic E-state index is 13.3. The maximum Gasteiger partial charge on any atom is 0.273 e. The molecule has 5 nitrogen and oxygen atoms in total. The third kappa shape index (κ3) is 4.18. The topological polar surface area (TPSA) is 42.6 Å². The number of piperazine rings is 1. The molecule has 1 amide bonds. The van der Waals surface area contributed by atoms with E-state index in [1.165, 1.54) is 17.0 Å². The lowest BCUT2D eigenvalue weighted by molar-refractivity contribution is -0.902. The lowest BCUT2D eigenvalue weighted by atomic mass is 10.1. The third-order valence-corrected chi connectivity index (χ3v) is 5.65. The number of rotatable bonds is 4. The Morgan fingerprint density at radius 2 is 1.76 bits per heavy atom. The third-order valence-electron chi connectivity index (χ3n) is 5.40. The van der Waals surface area contributed by atoms with Crippen molar-refractivity contribution in [2.75, 3.05) is 32.7 Å². The molecule has 1 N–H and O–H groups in total. The molecule has 0 spiro atoms. The quantitative estimate of drug-likeness (QED) is 0.714. The fraction of sp³-hybridized carbons (Fsp3) is 0.273. The summed E-state index contributed by atoms with van der Waals surface area (Å²) in [6.07, 6.45) is 0. The number of aromatic nitrogens is 2. The minimum atomic E-state index is -0.307. The van der Waals surface area contributed by atoms with Crippen LogP contribution in [0, 0.1) is 5.82 Å². The second-order valence-corrected chi connectivity index (χ2v) is 7.64. The summed E-state index contributed by atoms with van der Waals surface area (Å²) in [6, 6.07) is 15.1. The van der Waals surface area contributed by atoms with Crippen molar-refractivity contribution in [3.05, 3.63) is 71.1 Å². The van der Waals surface area contributed by atoms with Crippen LogP contribution in [0.5, 0.6) is 0 Å². The average molecular weight is 414 g/mol. The van der Waals surface area contributed by atoms with Crippen LogP contribution in [0.25, 0.3) is 16.9 Å². The van der Waals surface area contributed by atoms with E-state index in [-0.39, 0.29) is 11.7 Å². The zero-order valence-corrected chi connectivity index (χ0v) is 17.0. The molecule has 0 aliphatic carbocycles. The number of quaternary nitrogens is 1. The van der Waals surface area contributed by atoms with Gasteiger partial charge in [-0.05, 0) is 61.5 Å². The predicted molar refractivity (Wildman–Crippen MR) is 111 cm³/mol. The van der Waals surface area contributed by atoms with Crippen molar-refractivity contribution in [3.8, 4) is 16.9 Å². The Bertz CT molecular complexity index is 993. The molecule has 7 heteroatoms. The van der Waals surface area contributed by atoms with Crippen LogP contribution >= 0.6 is 11.6 Å². The Morgan fingerprint density at radius 1 is 1.10 bits per heavy atom. The molecular formula is C22H23ClFN4O+. The van der Waals surface area contributed by atoms with Crippen LogP contribution < -0.4 is 4.90 Å². The first-order valence-corrected chi connectivity index (χ1v) is 10.2. The molecule has 150 valence electrons. The summed E-state index contributed by atoms with van der Waals surface area (Å²) >= 11 is 6.02. The van der Waals surface area contributed by atoms with E-state index in [0.29, 0.717) is 16.4 Å². The van der Waals surface area contributed by atoms with Gasteiger partial charge in [-0.3, -0.25) is 4.79 Å². The lowest BCUT2D eigenvalue weighted by Crippen LogP contribution is -3.14. The first-order chi connectivity index (χ1) is 14.0. The molecule has 0 saturated carbocycles. The molecule has 0 radical (unpaired) electrons. The predicted octanol–water partition coefficient (Wildman–Crippen LogP) is 2.69. The first kappa shape index (κ1) is 19.6. The van der Waals surface area contributed by atoms with Gasteiger partial charge in [0.1, 0.15) is 11.5 Å². The number of halogens is 2. The minimum Gasteiger partial charge on any atom is -0.332 e. The molecule has 1 saturated heterocycles. The summed E-state index contributed by atoms with van der Waals surface area (Å²) < 4.78 is 15.0. The van der Waals surface area contributed by atoms with Crippen LogP contribution in [-0.2, 0) is 0 Å². The Hall–Kier alpha value is -2.70. The Balaban J connectivity index is 1.71. The first-order valence-electron chi connectivity index (χ1n) is 9.80. The molecule has 1 aliphatic rings. The molecule has 1 aromatic heterocycles. The van der Waals surface area contributed by atoms with Gasteiger partial charge in [-0.2, -0.15) is 5.10 Å². The van der Waals surface area contributed by atoms with Crippen LogP contribution in [0.15, 0.2) is 54.6 Å². The summed E-state index contributed by atoms with van der Waals surface area (Å²) in [6.45, 7) is 6.57. The van der Waals surface area contributed by atoms with Gasteiger partial charge in [-0.25, -0.2) is 9.07 Å². The Labute approximate surface area is 174 Å². The molecule has 2 aromatic carbocycles. The van der Waals surface area contributed by atoms with Crippen molar-refractivity contribution in [1.29, 1.82) is 0 Å². The van der Waals surface area contributed by atoms with Gasteiger partial charge < -0.3 is 9.80 Å². The Kier molecular flexibility index (Phi) is 5.65. The van der Waals surface area contributed by atoms with E-state index in [4.69, 9.17) is 11.6 Å². The molecule has 0 bridgehead atoms. The van der Waals surface area contributed by atoms with Crippen molar-refractivity contribution in [2.45, 2.75) is 6.92 Å². The van der Waals surface area contributed by atoms with Gasteiger partial charge in [0.15, 0.2) is 0 Å².